The first-order valence-electron chi connectivity index (χ1n) is 6.84. The Kier molecular flexibility index (Phi) is 6.41. The molecule has 2 amide bonds. The lowest BCUT2D eigenvalue weighted by molar-refractivity contribution is -0.120. The van der Waals surface area contributed by atoms with E-state index in [1.165, 1.54) is 16.2 Å². The van der Waals surface area contributed by atoms with Crippen LogP contribution in [0.15, 0.2) is 0 Å². The van der Waals surface area contributed by atoms with Crippen LogP contribution in [0.4, 0.5) is 10.9 Å². The Hall–Kier alpha value is -1.83. The second kappa shape index (κ2) is 7.82. The molecule has 3 N–H and O–H groups in total. The maximum absolute atomic E-state index is 12.3. The molecule has 0 spiro atoms. The molecule has 118 valence electrons. The second-order valence-corrected chi connectivity index (χ2v) is 5.76. The molecule has 0 fully saturated rings. The van der Waals surface area contributed by atoms with Gasteiger partial charge in [0.25, 0.3) is 5.91 Å². The van der Waals surface area contributed by atoms with Gasteiger partial charge in [-0.2, -0.15) is 0 Å². The smallest absolute Gasteiger partial charge is 0.267 e. The van der Waals surface area contributed by atoms with Crippen LogP contribution in [-0.4, -0.2) is 55.9 Å². The van der Waals surface area contributed by atoms with Crippen molar-refractivity contribution in [3.63, 3.8) is 0 Å². The number of aromatic nitrogens is 1. The van der Waals surface area contributed by atoms with Crippen molar-refractivity contribution in [3.05, 3.63) is 4.88 Å². The van der Waals surface area contributed by atoms with Gasteiger partial charge in [0, 0.05) is 40.7 Å². The molecule has 7 nitrogen and oxygen atoms in total. The Bertz CT molecular complexity index is 503. The van der Waals surface area contributed by atoms with Gasteiger partial charge in [0.2, 0.25) is 5.91 Å². The first kappa shape index (κ1) is 17.2. The van der Waals surface area contributed by atoms with Crippen LogP contribution in [0, 0.1) is 0 Å². The minimum Gasteiger partial charge on any atom is -0.382 e. The van der Waals surface area contributed by atoms with Crippen molar-refractivity contribution in [2.45, 2.75) is 19.8 Å². The number of thiazole rings is 1. The fourth-order valence-corrected chi connectivity index (χ4v) is 2.70. The largest absolute Gasteiger partial charge is 0.382 e. The molecular weight excluding hydrogens is 290 g/mol. The number of nitrogens with zero attached hydrogens (tertiary/aromatic N) is 3. The van der Waals surface area contributed by atoms with E-state index in [1.54, 1.807) is 14.1 Å². The van der Waals surface area contributed by atoms with Gasteiger partial charge in [0.1, 0.15) is 10.7 Å². The first-order valence-corrected chi connectivity index (χ1v) is 7.65. The fourth-order valence-electron chi connectivity index (χ4n) is 1.74. The predicted octanol–water partition coefficient (Wildman–Crippen LogP) is 0.780. The summed E-state index contributed by atoms with van der Waals surface area (Å²) >= 11 is 1.28. The van der Waals surface area contributed by atoms with E-state index < -0.39 is 0 Å². The third kappa shape index (κ3) is 4.59. The van der Waals surface area contributed by atoms with Gasteiger partial charge in [-0.05, 0) is 6.42 Å². The summed E-state index contributed by atoms with van der Waals surface area (Å²) in [6.45, 7) is 3.27. The number of amides is 2. The van der Waals surface area contributed by atoms with Gasteiger partial charge in [-0.3, -0.25) is 9.59 Å². The van der Waals surface area contributed by atoms with E-state index in [0.717, 1.165) is 18.1 Å². The Morgan fingerprint density at radius 1 is 1.33 bits per heavy atom. The lowest BCUT2D eigenvalue weighted by Crippen LogP contribution is -2.31. The van der Waals surface area contributed by atoms with E-state index in [-0.39, 0.29) is 24.1 Å². The van der Waals surface area contributed by atoms with E-state index in [4.69, 9.17) is 5.73 Å². The summed E-state index contributed by atoms with van der Waals surface area (Å²) in [4.78, 5) is 31.7. The van der Waals surface area contributed by atoms with Crippen LogP contribution >= 0.6 is 11.3 Å². The van der Waals surface area contributed by atoms with Crippen molar-refractivity contribution in [1.29, 1.82) is 0 Å². The predicted molar refractivity (Wildman–Crippen MR) is 85.7 cm³/mol. The van der Waals surface area contributed by atoms with Crippen LogP contribution < -0.4 is 16.0 Å². The molecule has 0 aliphatic carbocycles. The van der Waals surface area contributed by atoms with Gasteiger partial charge >= 0.3 is 0 Å². The molecule has 0 saturated carbocycles. The molecular formula is C13H23N5O2S. The molecule has 1 aromatic heterocycles. The monoisotopic (exact) mass is 313 g/mol. The number of carbonyl (C=O) groups is 2. The lowest BCUT2D eigenvalue weighted by atomic mass is 10.3. The van der Waals surface area contributed by atoms with E-state index in [2.05, 4.69) is 17.2 Å². The average molecular weight is 313 g/mol. The highest BCUT2D eigenvalue weighted by Crippen LogP contribution is 2.28. The van der Waals surface area contributed by atoms with Gasteiger partial charge < -0.3 is 20.9 Å². The molecule has 1 heterocycles. The Morgan fingerprint density at radius 2 is 2.00 bits per heavy atom. The Morgan fingerprint density at radius 3 is 2.57 bits per heavy atom. The van der Waals surface area contributed by atoms with Crippen LogP contribution in [0.2, 0.25) is 0 Å². The number of rotatable bonds is 7. The zero-order valence-corrected chi connectivity index (χ0v) is 13.8. The number of nitrogens with one attached hydrogen (secondary N) is 1. The highest BCUT2D eigenvalue weighted by atomic mass is 32.1. The van der Waals surface area contributed by atoms with Crippen molar-refractivity contribution in [2.75, 3.05) is 44.9 Å². The topological polar surface area (TPSA) is 91.6 Å². The van der Waals surface area contributed by atoms with E-state index in [9.17, 15) is 9.59 Å². The van der Waals surface area contributed by atoms with Gasteiger partial charge in [-0.1, -0.05) is 18.3 Å². The maximum atomic E-state index is 12.3. The molecule has 0 aliphatic rings. The summed E-state index contributed by atoms with van der Waals surface area (Å²) in [5.41, 5.74) is 5.84. The molecule has 0 radical (unpaired) electrons. The summed E-state index contributed by atoms with van der Waals surface area (Å²) in [5, 5.41) is 3.26. The minimum absolute atomic E-state index is 0.102. The van der Waals surface area contributed by atoms with Crippen molar-refractivity contribution in [3.8, 4) is 0 Å². The SMILES string of the molecule is CCCN(C)c1nc(N)c(C(=O)N(C)CCC(=O)NC)s1. The number of anilines is 2. The normalized spacial score (nSPS) is 10.3. The summed E-state index contributed by atoms with van der Waals surface area (Å²) in [6, 6.07) is 0. The van der Waals surface area contributed by atoms with E-state index in [0.29, 0.717) is 11.4 Å². The maximum Gasteiger partial charge on any atom is 0.267 e. The van der Waals surface area contributed by atoms with Crippen molar-refractivity contribution < 1.29 is 9.59 Å². The minimum atomic E-state index is -0.204. The zero-order chi connectivity index (χ0) is 16.0. The van der Waals surface area contributed by atoms with Gasteiger partial charge in [0.05, 0.1) is 0 Å². The third-order valence-corrected chi connectivity index (χ3v) is 4.20. The zero-order valence-electron chi connectivity index (χ0n) is 13.0. The van der Waals surface area contributed by atoms with Crippen molar-refractivity contribution in [2.24, 2.45) is 0 Å². The summed E-state index contributed by atoms with van der Waals surface area (Å²) in [7, 11) is 5.15. The Balaban J connectivity index is 2.75. The molecule has 8 heteroatoms. The molecule has 0 aromatic carbocycles. The number of nitrogens with two attached hydrogens (primary N) is 1. The molecule has 0 aliphatic heterocycles. The highest BCUT2D eigenvalue weighted by Gasteiger charge is 2.21. The molecule has 1 rings (SSSR count). The fraction of sp³-hybridized carbons (Fsp3) is 0.615. The van der Waals surface area contributed by atoms with E-state index in [1.807, 2.05) is 11.9 Å². The number of carbonyl (C=O) groups excluding carboxylic acids is 2. The molecule has 21 heavy (non-hydrogen) atoms. The molecule has 0 bridgehead atoms. The highest BCUT2D eigenvalue weighted by molar-refractivity contribution is 7.18. The van der Waals surface area contributed by atoms with Crippen LogP contribution in [0.25, 0.3) is 0 Å². The van der Waals surface area contributed by atoms with Crippen LogP contribution in [0.5, 0.6) is 0 Å². The lowest BCUT2D eigenvalue weighted by Gasteiger charge is -2.16. The van der Waals surface area contributed by atoms with Crippen LogP contribution in [0.1, 0.15) is 29.4 Å². The number of nitrogen functional groups attached to an aromatic ring is 1. The third-order valence-electron chi connectivity index (χ3n) is 3.02. The molecule has 0 saturated heterocycles. The number of hydrogen-bond acceptors (Lipinski definition) is 6. The Labute approximate surface area is 129 Å². The molecule has 0 atom stereocenters. The average Bonchev–Trinajstić information content (AvgIpc) is 2.85. The van der Waals surface area contributed by atoms with Crippen LogP contribution in [-0.2, 0) is 4.79 Å². The molecule has 1 aromatic rings. The van der Waals surface area contributed by atoms with E-state index >= 15 is 0 Å². The van der Waals surface area contributed by atoms with Crippen molar-refractivity contribution >= 4 is 34.1 Å². The van der Waals surface area contributed by atoms with Gasteiger partial charge in [-0.25, -0.2) is 4.98 Å². The van der Waals surface area contributed by atoms with Gasteiger partial charge in [0.15, 0.2) is 5.13 Å². The summed E-state index contributed by atoms with van der Waals surface area (Å²) < 4.78 is 0. The summed E-state index contributed by atoms with van der Waals surface area (Å²) in [5.74, 6) is -0.0601. The second-order valence-electron chi connectivity index (χ2n) is 4.78. The number of hydrogen-bond donors (Lipinski definition) is 2. The summed E-state index contributed by atoms with van der Waals surface area (Å²) in [6.07, 6.45) is 1.26. The van der Waals surface area contributed by atoms with Crippen molar-refractivity contribution in [1.82, 2.24) is 15.2 Å². The standard InChI is InChI=1S/C13H23N5O2S/c1-5-7-18(4)13-16-11(14)10(21-13)12(20)17(3)8-6-9(19)15-2/h5-8,14H2,1-4H3,(H,15,19). The quantitative estimate of drug-likeness (QED) is 0.776. The first-order chi connectivity index (χ1) is 9.90. The van der Waals surface area contributed by atoms with Crippen LogP contribution in [0.3, 0.4) is 0 Å². The van der Waals surface area contributed by atoms with Gasteiger partial charge in [-0.15, -0.1) is 0 Å². The molecule has 0 unspecified atom stereocenters.